The van der Waals surface area contributed by atoms with Crippen LogP contribution in [0.4, 0.5) is 5.82 Å². The Morgan fingerprint density at radius 2 is 1.58 bits per heavy atom. The first-order valence-corrected chi connectivity index (χ1v) is 11.8. The molecular formula is C25H24Cl2N4. The van der Waals surface area contributed by atoms with Gasteiger partial charge in [0.2, 0.25) is 5.28 Å². The molecule has 0 unspecified atom stereocenters. The molecule has 0 spiro atoms. The quantitative estimate of drug-likeness (QED) is 0.421. The number of halogens is 2. The maximum Gasteiger partial charge on any atom is 0.225 e. The predicted octanol–water partition coefficient (Wildman–Crippen LogP) is 5.50. The van der Waals surface area contributed by atoms with Crippen LogP contribution >= 0.6 is 23.2 Å². The van der Waals surface area contributed by atoms with Crippen molar-refractivity contribution in [3.63, 3.8) is 0 Å². The number of anilines is 1. The zero-order chi connectivity index (χ0) is 21.0. The Hall–Kier alpha value is -2.14. The summed E-state index contributed by atoms with van der Waals surface area (Å²) in [6.07, 6.45) is 3.35. The van der Waals surface area contributed by atoms with Crippen molar-refractivity contribution in [2.75, 3.05) is 25.0 Å². The van der Waals surface area contributed by atoms with E-state index in [9.17, 15) is 0 Å². The van der Waals surface area contributed by atoms with Crippen molar-refractivity contribution in [1.29, 1.82) is 0 Å². The molecular weight excluding hydrogens is 427 g/mol. The second kappa shape index (κ2) is 7.47. The Kier molecular flexibility index (Phi) is 4.71. The molecule has 0 amide bonds. The third kappa shape index (κ3) is 3.24. The number of aromatic nitrogens is 2. The summed E-state index contributed by atoms with van der Waals surface area (Å²) in [5.74, 6) is 1.26. The highest BCUT2D eigenvalue weighted by Crippen LogP contribution is 2.60. The Morgan fingerprint density at radius 3 is 2.23 bits per heavy atom. The summed E-state index contributed by atoms with van der Waals surface area (Å²) in [6, 6.07) is 20.3. The minimum atomic E-state index is 0.131. The predicted molar refractivity (Wildman–Crippen MR) is 125 cm³/mol. The van der Waals surface area contributed by atoms with E-state index in [-0.39, 0.29) is 10.7 Å². The van der Waals surface area contributed by atoms with E-state index in [1.165, 1.54) is 17.5 Å². The lowest BCUT2D eigenvalue weighted by molar-refractivity contribution is 0.186. The maximum atomic E-state index is 6.02. The fourth-order valence-corrected chi connectivity index (χ4v) is 6.51. The van der Waals surface area contributed by atoms with E-state index in [1.807, 2.05) is 0 Å². The number of benzene rings is 2. The monoisotopic (exact) mass is 450 g/mol. The molecule has 158 valence electrons. The highest BCUT2D eigenvalue weighted by atomic mass is 35.5. The average Bonchev–Trinajstić information content (AvgIpc) is 3.27. The number of nitrogens with one attached hydrogen (secondary N) is 1. The van der Waals surface area contributed by atoms with Crippen molar-refractivity contribution in [3.8, 4) is 0 Å². The number of hydrogen-bond acceptors (Lipinski definition) is 4. The van der Waals surface area contributed by atoms with Gasteiger partial charge in [0, 0.05) is 43.1 Å². The lowest BCUT2D eigenvalue weighted by Crippen LogP contribution is -2.46. The molecule has 2 bridgehead atoms. The fourth-order valence-electron chi connectivity index (χ4n) is 6.10. The molecule has 1 aliphatic heterocycles. The Labute approximate surface area is 192 Å². The standard InChI is InChI=1S/C25H24Cl2N4/c26-22-13-23(30-24(27)29-22)28-16-9-11-31(12-10-16)15-25-14-19(17-5-1-3-7-20(17)25)18-6-2-4-8-21(18)25/h1-8,13,16,19H,9-12,14-15H2,(H,28,29,30). The molecule has 0 saturated carbocycles. The van der Waals surface area contributed by atoms with Crippen LogP contribution in [-0.4, -0.2) is 40.5 Å². The van der Waals surface area contributed by atoms with Gasteiger partial charge in [0.1, 0.15) is 11.0 Å². The first-order chi connectivity index (χ1) is 15.1. The molecule has 3 aromatic rings. The van der Waals surface area contributed by atoms with Crippen molar-refractivity contribution >= 4 is 29.0 Å². The molecule has 2 aliphatic carbocycles. The molecule has 4 nitrogen and oxygen atoms in total. The van der Waals surface area contributed by atoms with Crippen LogP contribution in [0.2, 0.25) is 10.4 Å². The van der Waals surface area contributed by atoms with Crippen LogP contribution in [0.15, 0.2) is 54.6 Å². The van der Waals surface area contributed by atoms with Crippen molar-refractivity contribution in [2.45, 2.75) is 36.6 Å². The molecule has 31 heavy (non-hydrogen) atoms. The topological polar surface area (TPSA) is 41.0 Å². The van der Waals surface area contributed by atoms with Crippen molar-refractivity contribution in [2.24, 2.45) is 0 Å². The van der Waals surface area contributed by atoms with Gasteiger partial charge in [0.15, 0.2) is 0 Å². The summed E-state index contributed by atoms with van der Waals surface area (Å²) in [7, 11) is 0. The second-order valence-corrected chi connectivity index (χ2v) is 9.78. The van der Waals surface area contributed by atoms with E-state index in [4.69, 9.17) is 23.2 Å². The number of hydrogen-bond donors (Lipinski definition) is 1. The van der Waals surface area contributed by atoms with Gasteiger partial charge >= 0.3 is 0 Å². The highest BCUT2D eigenvalue weighted by Gasteiger charge is 2.53. The van der Waals surface area contributed by atoms with Gasteiger partial charge in [-0.05, 0) is 53.1 Å². The lowest BCUT2D eigenvalue weighted by Gasteiger charge is -2.40. The Morgan fingerprint density at radius 1 is 0.935 bits per heavy atom. The van der Waals surface area contributed by atoms with E-state index >= 15 is 0 Å². The van der Waals surface area contributed by atoms with Gasteiger partial charge in [-0.15, -0.1) is 0 Å². The first kappa shape index (κ1) is 19.5. The molecule has 3 aliphatic rings. The maximum absolute atomic E-state index is 6.02. The first-order valence-electron chi connectivity index (χ1n) is 11.0. The molecule has 2 heterocycles. The fraction of sp³-hybridized carbons (Fsp3) is 0.360. The van der Waals surface area contributed by atoms with E-state index < -0.39 is 0 Å². The van der Waals surface area contributed by atoms with E-state index in [2.05, 4.69) is 68.7 Å². The summed E-state index contributed by atoms with van der Waals surface area (Å²) in [5.41, 5.74) is 6.30. The van der Waals surface area contributed by atoms with Crippen LogP contribution in [0.5, 0.6) is 0 Å². The average molecular weight is 451 g/mol. The Balaban J connectivity index is 1.20. The summed E-state index contributed by atoms with van der Waals surface area (Å²) in [6.45, 7) is 3.23. The number of likely N-dealkylation sites (tertiary alicyclic amines) is 1. The molecule has 2 aromatic carbocycles. The van der Waals surface area contributed by atoms with Crippen LogP contribution in [-0.2, 0) is 5.41 Å². The van der Waals surface area contributed by atoms with E-state index in [0.717, 1.165) is 32.5 Å². The summed E-state index contributed by atoms with van der Waals surface area (Å²) in [4.78, 5) is 10.8. The van der Waals surface area contributed by atoms with Crippen LogP contribution < -0.4 is 5.32 Å². The number of rotatable bonds is 4. The largest absolute Gasteiger partial charge is 0.367 e. The zero-order valence-electron chi connectivity index (χ0n) is 17.2. The molecule has 6 rings (SSSR count). The highest BCUT2D eigenvalue weighted by molar-refractivity contribution is 6.32. The zero-order valence-corrected chi connectivity index (χ0v) is 18.7. The molecule has 6 heteroatoms. The molecule has 0 radical (unpaired) electrons. The van der Waals surface area contributed by atoms with Crippen LogP contribution in [0.1, 0.15) is 47.4 Å². The SMILES string of the molecule is Clc1cc(NC2CCN(CC34CC(c5ccccc53)c3ccccc34)CC2)nc(Cl)n1. The number of nitrogens with zero attached hydrogens (tertiary/aromatic N) is 3. The van der Waals surface area contributed by atoms with Gasteiger partial charge in [0.25, 0.3) is 0 Å². The van der Waals surface area contributed by atoms with Gasteiger partial charge in [-0.3, -0.25) is 0 Å². The minimum absolute atomic E-state index is 0.131. The normalized spacial score (nSPS) is 24.8. The van der Waals surface area contributed by atoms with Crippen molar-refractivity contribution in [3.05, 3.63) is 87.3 Å². The molecule has 1 aromatic heterocycles. The molecule has 1 N–H and O–H groups in total. The van der Waals surface area contributed by atoms with Gasteiger partial charge in [0.05, 0.1) is 0 Å². The van der Waals surface area contributed by atoms with Gasteiger partial charge < -0.3 is 10.2 Å². The third-order valence-electron chi connectivity index (χ3n) is 7.36. The molecule has 0 atom stereocenters. The minimum Gasteiger partial charge on any atom is -0.367 e. The molecule has 1 saturated heterocycles. The van der Waals surface area contributed by atoms with Crippen molar-refractivity contribution < 1.29 is 0 Å². The third-order valence-corrected chi connectivity index (χ3v) is 7.72. The Bertz CT molecular complexity index is 1070. The molecule has 1 fully saturated rings. The lowest BCUT2D eigenvalue weighted by atomic mass is 9.74. The summed E-state index contributed by atoms with van der Waals surface area (Å²) in [5, 5.41) is 4.04. The van der Waals surface area contributed by atoms with Gasteiger partial charge in [-0.25, -0.2) is 9.97 Å². The number of fused-ring (bicyclic) bond motifs is 8. The van der Waals surface area contributed by atoms with Gasteiger partial charge in [-0.2, -0.15) is 0 Å². The summed E-state index contributed by atoms with van der Waals surface area (Å²) >= 11 is 12.0. The van der Waals surface area contributed by atoms with Crippen molar-refractivity contribution in [1.82, 2.24) is 14.9 Å². The van der Waals surface area contributed by atoms with Crippen LogP contribution in [0.3, 0.4) is 0 Å². The van der Waals surface area contributed by atoms with E-state index in [1.54, 1.807) is 17.2 Å². The summed E-state index contributed by atoms with van der Waals surface area (Å²) < 4.78 is 0. The van der Waals surface area contributed by atoms with Gasteiger partial charge in [-0.1, -0.05) is 60.1 Å². The number of piperidine rings is 1. The second-order valence-electron chi connectivity index (χ2n) is 9.05. The van der Waals surface area contributed by atoms with Crippen LogP contribution in [0.25, 0.3) is 0 Å². The van der Waals surface area contributed by atoms with E-state index in [0.29, 0.717) is 22.9 Å². The smallest absolute Gasteiger partial charge is 0.225 e. The van der Waals surface area contributed by atoms with Crippen LogP contribution in [0, 0.1) is 0 Å².